The summed E-state index contributed by atoms with van der Waals surface area (Å²) in [4.78, 5) is 18.0. The number of hydrogen-bond donors (Lipinski definition) is 0. The minimum atomic E-state index is -0.448. The van der Waals surface area contributed by atoms with Crippen molar-refractivity contribution in [3.63, 3.8) is 0 Å². The summed E-state index contributed by atoms with van der Waals surface area (Å²) in [6.07, 6.45) is 4.37. The lowest BCUT2D eigenvalue weighted by molar-refractivity contribution is 0.0123. The van der Waals surface area contributed by atoms with Gasteiger partial charge in [0.25, 0.3) is 0 Å². The Balaban J connectivity index is 1.53. The van der Waals surface area contributed by atoms with E-state index in [-0.39, 0.29) is 12.2 Å². The zero-order valence-electron chi connectivity index (χ0n) is 13.8. The van der Waals surface area contributed by atoms with Crippen molar-refractivity contribution in [3.05, 3.63) is 23.0 Å². The van der Waals surface area contributed by atoms with E-state index in [1.807, 2.05) is 26.8 Å². The van der Waals surface area contributed by atoms with E-state index in [0.29, 0.717) is 11.1 Å². The minimum absolute atomic E-state index is 0.158. The summed E-state index contributed by atoms with van der Waals surface area (Å²) in [5.74, 6) is 1.29. The molecular formula is C17H23ClN2O3. The first kappa shape index (κ1) is 16.4. The number of piperidine rings is 1. The van der Waals surface area contributed by atoms with E-state index in [2.05, 4.69) is 4.98 Å². The quantitative estimate of drug-likeness (QED) is 0.733. The second kappa shape index (κ2) is 6.19. The number of ether oxygens (including phenoxy) is 2. The van der Waals surface area contributed by atoms with Crippen LogP contribution in [0.15, 0.2) is 12.3 Å². The Hall–Kier alpha value is -1.49. The Labute approximate surface area is 141 Å². The zero-order chi connectivity index (χ0) is 16.6. The van der Waals surface area contributed by atoms with Gasteiger partial charge in [-0.15, -0.1) is 0 Å². The van der Waals surface area contributed by atoms with Crippen LogP contribution in [0.25, 0.3) is 0 Å². The largest absolute Gasteiger partial charge is 0.488 e. The molecule has 2 aliphatic rings. The fourth-order valence-electron chi connectivity index (χ4n) is 3.19. The molecule has 1 amide bonds. The first-order valence-electron chi connectivity index (χ1n) is 8.11. The lowest BCUT2D eigenvalue weighted by Crippen LogP contribution is -2.44. The number of aromatic nitrogens is 1. The van der Waals surface area contributed by atoms with E-state index in [4.69, 9.17) is 21.1 Å². The summed E-state index contributed by atoms with van der Waals surface area (Å²) in [5, 5.41) is 0.507. The number of nitrogens with zero attached hydrogens (tertiary/aromatic N) is 2. The smallest absolute Gasteiger partial charge is 0.410 e. The Kier molecular flexibility index (Phi) is 4.41. The van der Waals surface area contributed by atoms with Crippen LogP contribution in [0.1, 0.15) is 39.2 Å². The highest BCUT2D eigenvalue weighted by atomic mass is 35.5. The average Bonchev–Trinajstić information content (AvgIpc) is 2.88. The lowest BCUT2D eigenvalue weighted by atomic mass is 9.89. The van der Waals surface area contributed by atoms with Crippen LogP contribution in [0.2, 0.25) is 5.15 Å². The molecular weight excluding hydrogens is 316 g/mol. The van der Waals surface area contributed by atoms with Gasteiger partial charge in [0.15, 0.2) is 0 Å². The Morgan fingerprint density at radius 3 is 2.74 bits per heavy atom. The molecule has 0 saturated carbocycles. The van der Waals surface area contributed by atoms with Crippen molar-refractivity contribution in [2.24, 2.45) is 5.92 Å². The highest BCUT2D eigenvalue weighted by Crippen LogP contribution is 2.35. The third-order valence-corrected chi connectivity index (χ3v) is 4.54. The molecule has 0 radical (unpaired) electrons. The van der Waals surface area contributed by atoms with Crippen molar-refractivity contribution in [3.8, 4) is 5.75 Å². The third kappa shape index (κ3) is 3.89. The molecule has 0 bridgehead atoms. The van der Waals surface area contributed by atoms with Gasteiger partial charge in [-0.25, -0.2) is 9.78 Å². The SMILES string of the molecule is CC(C)(C)OC(=O)N1CCC([C@@H]2Cc3cc(Cl)ncc3O2)CC1. The van der Waals surface area contributed by atoms with E-state index in [1.54, 1.807) is 11.1 Å². The van der Waals surface area contributed by atoms with Crippen LogP contribution in [0.3, 0.4) is 0 Å². The van der Waals surface area contributed by atoms with Gasteiger partial charge in [0.2, 0.25) is 0 Å². The van der Waals surface area contributed by atoms with Crippen molar-refractivity contribution in [1.82, 2.24) is 9.88 Å². The molecule has 1 aromatic rings. The number of likely N-dealkylation sites (tertiary alicyclic amines) is 1. The van der Waals surface area contributed by atoms with Gasteiger partial charge in [-0.05, 0) is 45.6 Å². The predicted molar refractivity (Wildman–Crippen MR) is 87.9 cm³/mol. The van der Waals surface area contributed by atoms with E-state index in [9.17, 15) is 4.79 Å². The monoisotopic (exact) mass is 338 g/mol. The van der Waals surface area contributed by atoms with Gasteiger partial charge in [0.1, 0.15) is 22.6 Å². The zero-order valence-corrected chi connectivity index (χ0v) is 14.6. The molecule has 2 aliphatic heterocycles. The number of amides is 1. The van der Waals surface area contributed by atoms with Crippen molar-refractivity contribution >= 4 is 17.7 Å². The van der Waals surface area contributed by atoms with Gasteiger partial charge in [0.05, 0.1) is 6.20 Å². The maximum atomic E-state index is 12.1. The average molecular weight is 339 g/mol. The molecule has 5 nitrogen and oxygen atoms in total. The molecule has 0 aromatic carbocycles. The molecule has 0 aliphatic carbocycles. The van der Waals surface area contributed by atoms with Gasteiger partial charge in [0, 0.05) is 25.1 Å². The lowest BCUT2D eigenvalue weighted by Gasteiger charge is -2.35. The number of fused-ring (bicyclic) bond motifs is 1. The summed E-state index contributed by atoms with van der Waals surface area (Å²) in [7, 11) is 0. The molecule has 0 spiro atoms. The fourth-order valence-corrected chi connectivity index (χ4v) is 3.37. The van der Waals surface area contributed by atoms with Gasteiger partial charge >= 0.3 is 6.09 Å². The topological polar surface area (TPSA) is 51.7 Å². The van der Waals surface area contributed by atoms with Crippen molar-refractivity contribution in [1.29, 1.82) is 0 Å². The number of carbonyl (C=O) groups is 1. The van der Waals surface area contributed by atoms with Crippen LogP contribution in [-0.4, -0.2) is 40.8 Å². The molecule has 23 heavy (non-hydrogen) atoms. The van der Waals surface area contributed by atoms with Crippen LogP contribution in [-0.2, 0) is 11.2 Å². The normalized spacial score (nSPS) is 21.7. The summed E-state index contributed by atoms with van der Waals surface area (Å²) in [6.45, 7) is 7.10. The van der Waals surface area contributed by atoms with Crippen LogP contribution >= 0.6 is 11.6 Å². The summed E-state index contributed by atoms with van der Waals surface area (Å²) < 4.78 is 11.5. The van der Waals surface area contributed by atoms with Gasteiger partial charge in [-0.1, -0.05) is 11.6 Å². The van der Waals surface area contributed by atoms with Crippen molar-refractivity contribution < 1.29 is 14.3 Å². The first-order chi connectivity index (χ1) is 10.8. The maximum Gasteiger partial charge on any atom is 0.410 e. The number of hydrogen-bond acceptors (Lipinski definition) is 4. The van der Waals surface area contributed by atoms with Crippen molar-refractivity contribution in [2.45, 2.75) is 51.7 Å². The van der Waals surface area contributed by atoms with Crippen LogP contribution in [0, 0.1) is 5.92 Å². The summed E-state index contributed by atoms with van der Waals surface area (Å²) >= 11 is 5.94. The summed E-state index contributed by atoms with van der Waals surface area (Å²) in [6, 6.07) is 1.88. The van der Waals surface area contributed by atoms with Gasteiger partial charge in [-0.3, -0.25) is 0 Å². The van der Waals surface area contributed by atoms with E-state index < -0.39 is 5.60 Å². The van der Waals surface area contributed by atoms with Gasteiger partial charge in [-0.2, -0.15) is 0 Å². The second-order valence-electron chi connectivity index (χ2n) is 7.28. The second-order valence-corrected chi connectivity index (χ2v) is 7.67. The number of pyridine rings is 1. The van der Waals surface area contributed by atoms with E-state index in [0.717, 1.165) is 43.7 Å². The standard InChI is InChI=1S/C17H23ClN2O3/c1-17(2,3)23-16(21)20-6-4-11(5-7-20)13-8-12-9-15(18)19-10-14(12)22-13/h9-11,13H,4-8H2,1-3H3/t13-/m0/s1. The molecule has 0 N–H and O–H groups in total. The third-order valence-electron chi connectivity index (χ3n) is 4.33. The molecule has 3 heterocycles. The number of carbonyl (C=O) groups excluding carboxylic acids is 1. The van der Waals surface area contributed by atoms with E-state index >= 15 is 0 Å². The molecule has 0 unspecified atom stereocenters. The molecule has 1 saturated heterocycles. The van der Waals surface area contributed by atoms with E-state index in [1.165, 1.54) is 0 Å². The molecule has 1 aromatic heterocycles. The maximum absolute atomic E-state index is 12.1. The fraction of sp³-hybridized carbons (Fsp3) is 0.647. The highest BCUT2D eigenvalue weighted by molar-refractivity contribution is 6.29. The molecule has 6 heteroatoms. The minimum Gasteiger partial charge on any atom is -0.488 e. The Bertz CT molecular complexity index is 592. The van der Waals surface area contributed by atoms with Crippen LogP contribution in [0.4, 0.5) is 4.79 Å². The molecule has 1 atom stereocenters. The van der Waals surface area contributed by atoms with Crippen LogP contribution in [0.5, 0.6) is 5.75 Å². The number of halogens is 1. The number of rotatable bonds is 1. The highest BCUT2D eigenvalue weighted by Gasteiger charge is 2.35. The molecule has 1 fully saturated rings. The van der Waals surface area contributed by atoms with Crippen molar-refractivity contribution in [2.75, 3.05) is 13.1 Å². The predicted octanol–water partition coefficient (Wildman–Crippen LogP) is 3.69. The first-order valence-corrected chi connectivity index (χ1v) is 8.48. The Morgan fingerprint density at radius 1 is 1.39 bits per heavy atom. The molecule has 126 valence electrons. The van der Waals surface area contributed by atoms with Gasteiger partial charge < -0.3 is 14.4 Å². The summed E-state index contributed by atoms with van der Waals surface area (Å²) in [5.41, 5.74) is 0.681. The molecule has 3 rings (SSSR count). The Morgan fingerprint density at radius 2 is 2.09 bits per heavy atom. The van der Waals surface area contributed by atoms with Crippen LogP contribution < -0.4 is 4.74 Å².